The van der Waals surface area contributed by atoms with Gasteiger partial charge in [0.2, 0.25) is 0 Å². The summed E-state index contributed by atoms with van der Waals surface area (Å²) in [5.74, 6) is 0. The van der Waals surface area contributed by atoms with Gasteiger partial charge in [-0.15, -0.1) is 0 Å². The minimum absolute atomic E-state index is 0.288. The highest BCUT2D eigenvalue weighted by molar-refractivity contribution is 5.60. The summed E-state index contributed by atoms with van der Waals surface area (Å²) in [6, 6.07) is 4.72. The standard InChI is InChI=1S/C16H23N3/c1-11-9-14(13(10-17)12(2)18-11)19-15-7-5-6-8-16(15,3)4/h9,15H,5-8H2,1-4H3,(H,18,19). The van der Waals surface area contributed by atoms with Crippen molar-refractivity contribution in [3.8, 4) is 6.07 Å². The Bertz CT molecular complexity index is 511. The molecular weight excluding hydrogens is 234 g/mol. The van der Waals surface area contributed by atoms with Crippen LogP contribution in [0.25, 0.3) is 0 Å². The van der Waals surface area contributed by atoms with Gasteiger partial charge in [0.25, 0.3) is 0 Å². The molecule has 1 aromatic heterocycles. The molecule has 1 fully saturated rings. The monoisotopic (exact) mass is 257 g/mol. The smallest absolute Gasteiger partial charge is 0.103 e. The summed E-state index contributed by atoms with van der Waals surface area (Å²) < 4.78 is 0. The Morgan fingerprint density at radius 2 is 2.11 bits per heavy atom. The summed E-state index contributed by atoms with van der Waals surface area (Å²) in [4.78, 5) is 4.37. The molecule has 102 valence electrons. The number of rotatable bonds is 2. The molecule has 1 aromatic rings. The van der Waals surface area contributed by atoms with E-state index in [9.17, 15) is 5.26 Å². The second-order valence-corrected chi connectivity index (χ2v) is 6.31. The first-order chi connectivity index (χ1) is 8.94. The van der Waals surface area contributed by atoms with Crippen LogP contribution in [0.2, 0.25) is 0 Å². The van der Waals surface area contributed by atoms with Crippen LogP contribution in [0, 0.1) is 30.6 Å². The highest BCUT2D eigenvalue weighted by atomic mass is 15.0. The topological polar surface area (TPSA) is 48.7 Å². The predicted molar refractivity (Wildman–Crippen MR) is 78.1 cm³/mol. The number of hydrogen-bond donors (Lipinski definition) is 1. The van der Waals surface area contributed by atoms with Crippen molar-refractivity contribution in [2.45, 2.75) is 59.4 Å². The number of nitriles is 1. The molecule has 1 unspecified atom stereocenters. The van der Waals surface area contributed by atoms with Gasteiger partial charge in [0.15, 0.2) is 0 Å². The van der Waals surface area contributed by atoms with Crippen LogP contribution >= 0.6 is 0 Å². The molecule has 1 aliphatic rings. The Labute approximate surface area is 116 Å². The molecule has 0 amide bonds. The van der Waals surface area contributed by atoms with Gasteiger partial charge in [-0.05, 0) is 38.2 Å². The van der Waals surface area contributed by atoms with E-state index in [-0.39, 0.29) is 5.41 Å². The first kappa shape index (κ1) is 13.9. The summed E-state index contributed by atoms with van der Waals surface area (Å²) in [7, 11) is 0. The first-order valence-electron chi connectivity index (χ1n) is 7.09. The van der Waals surface area contributed by atoms with Crippen LogP contribution in [0.15, 0.2) is 6.07 Å². The number of hydrogen-bond acceptors (Lipinski definition) is 3. The zero-order valence-corrected chi connectivity index (χ0v) is 12.4. The Morgan fingerprint density at radius 3 is 2.74 bits per heavy atom. The number of anilines is 1. The molecule has 1 atom stereocenters. The Balaban J connectivity index is 2.30. The molecule has 2 rings (SSSR count). The van der Waals surface area contributed by atoms with E-state index in [1.54, 1.807) is 0 Å². The molecule has 1 aliphatic carbocycles. The zero-order chi connectivity index (χ0) is 14.0. The molecule has 0 aromatic carbocycles. The predicted octanol–water partition coefficient (Wildman–Crippen LogP) is 3.95. The second-order valence-electron chi connectivity index (χ2n) is 6.31. The highest BCUT2D eigenvalue weighted by Crippen LogP contribution is 2.37. The Kier molecular flexibility index (Phi) is 3.80. The lowest BCUT2D eigenvalue weighted by atomic mass is 9.73. The number of aromatic nitrogens is 1. The largest absolute Gasteiger partial charge is 0.381 e. The van der Waals surface area contributed by atoms with Crippen molar-refractivity contribution in [1.29, 1.82) is 5.26 Å². The van der Waals surface area contributed by atoms with Gasteiger partial charge < -0.3 is 5.32 Å². The van der Waals surface area contributed by atoms with Crippen molar-refractivity contribution in [2.75, 3.05) is 5.32 Å². The van der Waals surface area contributed by atoms with Crippen molar-refractivity contribution in [3.63, 3.8) is 0 Å². The van der Waals surface area contributed by atoms with E-state index in [1.807, 2.05) is 19.9 Å². The normalized spacial score (nSPS) is 21.7. The minimum atomic E-state index is 0.288. The molecule has 1 saturated carbocycles. The van der Waals surface area contributed by atoms with E-state index in [1.165, 1.54) is 25.7 Å². The van der Waals surface area contributed by atoms with Crippen molar-refractivity contribution in [1.82, 2.24) is 4.98 Å². The van der Waals surface area contributed by atoms with E-state index in [2.05, 4.69) is 30.2 Å². The molecule has 0 spiro atoms. The average Bonchev–Trinajstić information content (AvgIpc) is 2.31. The van der Waals surface area contributed by atoms with Gasteiger partial charge in [-0.1, -0.05) is 26.7 Å². The second kappa shape index (κ2) is 5.21. The van der Waals surface area contributed by atoms with Gasteiger partial charge in [0, 0.05) is 11.7 Å². The fourth-order valence-electron chi connectivity index (χ4n) is 3.03. The molecule has 3 nitrogen and oxygen atoms in total. The lowest BCUT2D eigenvalue weighted by molar-refractivity contribution is 0.217. The maximum atomic E-state index is 9.32. The maximum absolute atomic E-state index is 9.32. The fourth-order valence-corrected chi connectivity index (χ4v) is 3.03. The van der Waals surface area contributed by atoms with Gasteiger partial charge in [0.1, 0.15) is 6.07 Å². The molecule has 0 saturated heterocycles. The quantitative estimate of drug-likeness (QED) is 0.872. The van der Waals surface area contributed by atoms with Crippen LogP contribution in [0.1, 0.15) is 56.5 Å². The van der Waals surface area contributed by atoms with Gasteiger partial charge in [0.05, 0.1) is 16.9 Å². The minimum Gasteiger partial charge on any atom is -0.381 e. The van der Waals surface area contributed by atoms with Crippen molar-refractivity contribution in [2.24, 2.45) is 5.41 Å². The molecular formula is C16H23N3. The summed E-state index contributed by atoms with van der Waals surface area (Å²) in [6.07, 6.45) is 5.00. The van der Waals surface area contributed by atoms with E-state index in [0.717, 1.165) is 17.1 Å². The molecule has 0 radical (unpaired) electrons. The van der Waals surface area contributed by atoms with Crippen molar-refractivity contribution >= 4 is 5.69 Å². The Hall–Kier alpha value is -1.56. The van der Waals surface area contributed by atoms with Crippen molar-refractivity contribution < 1.29 is 0 Å². The number of nitrogens with zero attached hydrogens (tertiary/aromatic N) is 2. The molecule has 1 N–H and O–H groups in total. The van der Waals surface area contributed by atoms with Crippen LogP contribution in [-0.2, 0) is 0 Å². The summed E-state index contributed by atoms with van der Waals surface area (Å²) in [5, 5.41) is 12.9. The van der Waals surface area contributed by atoms with Gasteiger partial charge in [-0.25, -0.2) is 0 Å². The van der Waals surface area contributed by atoms with Gasteiger partial charge in [-0.2, -0.15) is 5.26 Å². The lowest BCUT2D eigenvalue weighted by Crippen LogP contribution is -2.39. The molecule has 3 heteroatoms. The van der Waals surface area contributed by atoms with Crippen LogP contribution < -0.4 is 5.32 Å². The van der Waals surface area contributed by atoms with E-state index in [4.69, 9.17) is 0 Å². The number of aryl methyl sites for hydroxylation is 2. The zero-order valence-electron chi connectivity index (χ0n) is 12.4. The number of pyridine rings is 1. The number of nitrogens with one attached hydrogen (secondary N) is 1. The van der Waals surface area contributed by atoms with E-state index < -0.39 is 0 Å². The molecule has 0 bridgehead atoms. The van der Waals surface area contributed by atoms with Crippen LogP contribution in [0.3, 0.4) is 0 Å². The van der Waals surface area contributed by atoms with Gasteiger partial charge in [-0.3, -0.25) is 4.98 Å². The van der Waals surface area contributed by atoms with Crippen LogP contribution in [0.4, 0.5) is 5.69 Å². The fraction of sp³-hybridized carbons (Fsp3) is 0.625. The average molecular weight is 257 g/mol. The third kappa shape index (κ3) is 2.89. The lowest BCUT2D eigenvalue weighted by Gasteiger charge is -2.39. The SMILES string of the molecule is Cc1cc(NC2CCCCC2(C)C)c(C#N)c(C)n1. The molecule has 19 heavy (non-hydrogen) atoms. The Morgan fingerprint density at radius 1 is 1.37 bits per heavy atom. The molecule has 1 heterocycles. The van der Waals surface area contributed by atoms with Gasteiger partial charge >= 0.3 is 0 Å². The van der Waals surface area contributed by atoms with E-state index >= 15 is 0 Å². The van der Waals surface area contributed by atoms with Crippen LogP contribution in [-0.4, -0.2) is 11.0 Å². The maximum Gasteiger partial charge on any atom is 0.103 e. The summed E-state index contributed by atoms with van der Waals surface area (Å²) in [5.41, 5.74) is 3.71. The van der Waals surface area contributed by atoms with E-state index in [0.29, 0.717) is 11.6 Å². The molecule has 0 aliphatic heterocycles. The first-order valence-corrected chi connectivity index (χ1v) is 7.09. The third-order valence-electron chi connectivity index (χ3n) is 4.28. The van der Waals surface area contributed by atoms with Crippen LogP contribution in [0.5, 0.6) is 0 Å². The van der Waals surface area contributed by atoms with Crippen molar-refractivity contribution in [3.05, 3.63) is 23.0 Å². The summed E-state index contributed by atoms with van der Waals surface area (Å²) >= 11 is 0. The third-order valence-corrected chi connectivity index (χ3v) is 4.28. The highest BCUT2D eigenvalue weighted by Gasteiger charge is 2.32. The summed E-state index contributed by atoms with van der Waals surface area (Å²) in [6.45, 7) is 8.52.